The molecule has 0 aliphatic rings. The van der Waals surface area contributed by atoms with Crippen molar-refractivity contribution < 1.29 is 14.7 Å². The van der Waals surface area contributed by atoms with Gasteiger partial charge in [-0.1, -0.05) is 20.8 Å². The van der Waals surface area contributed by atoms with Crippen LogP contribution in [0.4, 0.5) is 4.79 Å². The number of carbonyl (C=O) groups is 2. The molecule has 0 spiro atoms. The molecule has 0 radical (unpaired) electrons. The van der Waals surface area contributed by atoms with E-state index in [4.69, 9.17) is 5.11 Å². The highest BCUT2D eigenvalue weighted by Crippen LogP contribution is 2.18. The predicted molar refractivity (Wildman–Crippen MR) is 78.1 cm³/mol. The molecule has 112 valence electrons. The van der Waals surface area contributed by atoms with Gasteiger partial charge in [0.15, 0.2) is 5.69 Å². The Morgan fingerprint density at radius 1 is 1.45 bits per heavy atom. The molecule has 20 heavy (non-hydrogen) atoms. The standard InChI is InChI=1S/C13H21N3O3S/c1-8(10-16-9(7-20-10)11(17)18)15-12(19)14-6-5-13(2,3)4/h7-8H,5-6H2,1-4H3,(H,17,18)(H2,14,15,19). The summed E-state index contributed by atoms with van der Waals surface area (Å²) in [4.78, 5) is 26.4. The van der Waals surface area contributed by atoms with Crippen LogP contribution < -0.4 is 10.6 Å². The van der Waals surface area contributed by atoms with Crippen molar-refractivity contribution in [1.82, 2.24) is 15.6 Å². The van der Waals surface area contributed by atoms with Crippen LogP contribution in [-0.2, 0) is 0 Å². The van der Waals surface area contributed by atoms with Crippen molar-refractivity contribution in [3.05, 3.63) is 16.1 Å². The highest BCUT2D eigenvalue weighted by Gasteiger charge is 2.16. The van der Waals surface area contributed by atoms with E-state index in [0.717, 1.165) is 6.42 Å². The number of aromatic carboxylic acids is 1. The Hall–Kier alpha value is -1.63. The number of carbonyl (C=O) groups excluding carboxylic acids is 1. The zero-order valence-electron chi connectivity index (χ0n) is 12.2. The average Bonchev–Trinajstić information content (AvgIpc) is 2.76. The second-order valence-corrected chi connectivity index (χ2v) is 6.70. The monoisotopic (exact) mass is 299 g/mol. The van der Waals surface area contributed by atoms with E-state index in [-0.39, 0.29) is 23.2 Å². The van der Waals surface area contributed by atoms with Crippen molar-refractivity contribution in [2.24, 2.45) is 5.41 Å². The number of hydrogen-bond acceptors (Lipinski definition) is 4. The van der Waals surface area contributed by atoms with E-state index in [0.29, 0.717) is 11.6 Å². The summed E-state index contributed by atoms with van der Waals surface area (Å²) in [6.07, 6.45) is 0.884. The molecular weight excluding hydrogens is 278 g/mol. The van der Waals surface area contributed by atoms with Crippen LogP contribution in [0.5, 0.6) is 0 Å². The van der Waals surface area contributed by atoms with E-state index in [1.165, 1.54) is 16.7 Å². The van der Waals surface area contributed by atoms with E-state index < -0.39 is 5.97 Å². The van der Waals surface area contributed by atoms with Gasteiger partial charge in [0, 0.05) is 11.9 Å². The summed E-state index contributed by atoms with van der Waals surface area (Å²) >= 11 is 1.22. The molecule has 1 unspecified atom stereocenters. The Morgan fingerprint density at radius 2 is 2.10 bits per heavy atom. The molecule has 7 heteroatoms. The zero-order chi connectivity index (χ0) is 15.3. The van der Waals surface area contributed by atoms with Crippen LogP contribution in [0.1, 0.15) is 55.7 Å². The largest absolute Gasteiger partial charge is 0.476 e. The molecule has 1 aromatic rings. The molecule has 0 saturated heterocycles. The molecule has 0 aliphatic heterocycles. The Labute approximate surface area is 122 Å². The van der Waals surface area contributed by atoms with Gasteiger partial charge in [-0.2, -0.15) is 0 Å². The molecular formula is C13H21N3O3S. The van der Waals surface area contributed by atoms with Crippen LogP contribution in [0, 0.1) is 5.41 Å². The lowest BCUT2D eigenvalue weighted by Gasteiger charge is -2.19. The molecule has 1 rings (SSSR count). The van der Waals surface area contributed by atoms with E-state index in [1.54, 1.807) is 6.92 Å². The van der Waals surface area contributed by atoms with Crippen molar-refractivity contribution in [3.8, 4) is 0 Å². The molecule has 1 atom stereocenters. The van der Waals surface area contributed by atoms with Crippen molar-refractivity contribution >= 4 is 23.3 Å². The maximum absolute atomic E-state index is 11.7. The number of carboxylic acids is 1. The number of nitrogens with one attached hydrogen (secondary N) is 2. The molecule has 0 saturated carbocycles. The Morgan fingerprint density at radius 3 is 2.60 bits per heavy atom. The fraction of sp³-hybridized carbons (Fsp3) is 0.615. The number of rotatable bonds is 5. The van der Waals surface area contributed by atoms with E-state index >= 15 is 0 Å². The molecule has 1 heterocycles. The number of amides is 2. The molecule has 0 fully saturated rings. The summed E-state index contributed by atoms with van der Waals surface area (Å²) in [6.45, 7) is 8.70. The second-order valence-electron chi connectivity index (χ2n) is 5.81. The second kappa shape index (κ2) is 6.69. The van der Waals surface area contributed by atoms with Gasteiger partial charge < -0.3 is 15.7 Å². The van der Waals surface area contributed by atoms with E-state index in [2.05, 4.69) is 36.4 Å². The first-order chi connectivity index (χ1) is 9.19. The molecule has 2 amide bonds. The van der Waals surface area contributed by atoms with Crippen molar-refractivity contribution in [3.63, 3.8) is 0 Å². The molecule has 0 aromatic carbocycles. The fourth-order valence-electron chi connectivity index (χ4n) is 1.45. The molecule has 1 aromatic heterocycles. The minimum atomic E-state index is -1.06. The van der Waals surface area contributed by atoms with Crippen LogP contribution in [0.25, 0.3) is 0 Å². The maximum atomic E-state index is 11.7. The minimum Gasteiger partial charge on any atom is -0.476 e. The summed E-state index contributed by atoms with van der Waals surface area (Å²) in [6, 6.07) is -0.587. The van der Waals surface area contributed by atoms with Gasteiger partial charge in [-0.15, -0.1) is 11.3 Å². The highest BCUT2D eigenvalue weighted by molar-refractivity contribution is 7.09. The quantitative estimate of drug-likeness (QED) is 0.779. The van der Waals surface area contributed by atoms with Gasteiger partial charge in [0.05, 0.1) is 6.04 Å². The third-order valence-electron chi connectivity index (χ3n) is 2.62. The number of nitrogens with zero attached hydrogens (tertiary/aromatic N) is 1. The number of hydrogen-bond donors (Lipinski definition) is 3. The number of carboxylic acid groups (broad SMARTS) is 1. The number of thiazole rings is 1. The predicted octanol–water partition coefficient (Wildman–Crippen LogP) is 2.64. The Bertz CT molecular complexity index is 479. The first-order valence-electron chi connectivity index (χ1n) is 6.42. The van der Waals surface area contributed by atoms with Gasteiger partial charge in [-0.3, -0.25) is 0 Å². The minimum absolute atomic E-state index is 0.00629. The normalized spacial score (nSPS) is 12.8. The SMILES string of the molecule is CC(NC(=O)NCCC(C)(C)C)c1nc(C(=O)O)cs1. The lowest BCUT2D eigenvalue weighted by molar-refractivity contribution is 0.0691. The van der Waals surface area contributed by atoms with Crippen molar-refractivity contribution in [2.45, 2.75) is 40.2 Å². The van der Waals surface area contributed by atoms with Gasteiger partial charge in [0.1, 0.15) is 5.01 Å². The number of aromatic nitrogens is 1. The van der Waals surface area contributed by atoms with Gasteiger partial charge in [-0.25, -0.2) is 14.6 Å². The lowest BCUT2D eigenvalue weighted by Crippen LogP contribution is -2.38. The van der Waals surface area contributed by atoms with Gasteiger partial charge in [0.2, 0.25) is 0 Å². The van der Waals surface area contributed by atoms with E-state index in [9.17, 15) is 9.59 Å². The fourth-order valence-corrected chi connectivity index (χ4v) is 2.25. The first kappa shape index (κ1) is 16.4. The number of urea groups is 1. The third-order valence-corrected chi connectivity index (χ3v) is 3.65. The van der Waals surface area contributed by atoms with Crippen LogP contribution in [0.15, 0.2) is 5.38 Å². The highest BCUT2D eigenvalue weighted by atomic mass is 32.1. The third kappa shape index (κ3) is 5.56. The van der Waals surface area contributed by atoms with Crippen LogP contribution in [0.3, 0.4) is 0 Å². The van der Waals surface area contributed by atoms with Gasteiger partial charge in [0.25, 0.3) is 0 Å². The van der Waals surface area contributed by atoms with Crippen LogP contribution in [-0.4, -0.2) is 28.6 Å². The summed E-state index contributed by atoms with van der Waals surface area (Å²) < 4.78 is 0. The summed E-state index contributed by atoms with van der Waals surface area (Å²) in [7, 11) is 0. The van der Waals surface area contributed by atoms with Gasteiger partial charge in [-0.05, 0) is 18.8 Å². The van der Waals surface area contributed by atoms with Crippen LogP contribution in [0.2, 0.25) is 0 Å². The van der Waals surface area contributed by atoms with Crippen LogP contribution >= 0.6 is 11.3 Å². The summed E-state index contributed by atoms with van der Waals surface area (Å²) in [5.74, 6) is -1.06. The zero-order valence-corrected chi connectivity index (χ0v) is 13.0. The first-order valence-corrected chi connectivity index (χ1v) is 7.30. The molecule has 0 bridgehead atoms. The van der Waals surface area contributed by atoms with Crippen molar-refractivity contribution in [2.75, 3.05) is 6.54 Å². The summed E-state index contributed by atoms with van der Waals surface area (Å²) in [5.41, 5.74) is 0.178. The lowest BCUT2D eigenvalue weighted by atomic mass is 9.92. The Kier molecular flexibility index (Phi) is 5.50. The Balaban J connectivity index is 2.42. The summed E-state index contributed by atoms with van der Waals surface area (Å²) in [5, 5.41) is 16.4. The smallest absolute Gasteiger partial charge is 0.355 e. The molecule has 0 aliphatic carbocycles. The molecule has 6 nitrogen and oxygen atoms in total. The van der Waals surface area contributed by atoms with Gasteiger partial charge >= 0.3 is 12.0 Å². The maximum Gasteiger partial charge on any atom is 0.355 e. The molecule has 3 N–H and O–H groups in total. The topological polar surface area (TPSA) is 91.3 Å². The van der Waals surface area contributed by atoms with Crippen molar-refractivity contribution in [1.29, 1.82) is 0 Å². The average molecular weight is 299 g/mol. The van der Waals surface area contributed by atoms with E-state index in [1.807, 2.05) is 0 Å².